The molecule has 0 spiro atoms. The van der Waals surface area contributed by atoms with E-state index in [1.807, 2.05) is 12.1 Å². The molecule has 1 fully saturated rings. The van der Waals surface area contributed by atoms with Gasteiger partial charge in [-0.3, -0.25) is 10.1 Å². The van der Waals surface area contributed by atoms with Crippen LogP contribution in [0.2, 0.25) is 0 Å². The Morgan fingerprint density at radius 3 is 2.85 bits per heavy atom. The van der Waals surface area contributed by atoms with Gasteiger partial charge in [-0.25, -0.2) is 4.98 Å². The Balaban J connectivity index is 1.98. The fourth-order valence-electron chi connectivity index (χ4n) is 2.50. The SMILES string of the molecule is O=[N+]([O-])c1cccc2c(NC3CCOCC3)ccnc12. The van der Waals surface area contributed by atoms with Crippen molar-refractivity contribution in [2.45, 2.75) is 18.9 Å². The summed E-state index contributed by atoms with van der Waals surface area (Å²) in [5, 5.41) is 15.3. The van der Waals surface area contributed by atoms with Gasteiger partial charge in [0.1, 0.15) is 5.52 Å². The van der Waals surface area contributed by atoms with E-state index in [1.165, 1.54) is 6.07 Å². The summed E-state index contributed by atoms with van der Waals surface area (Å²) >= 11 is 0. The highest BCUT2D eigenvalue weighted by molar-refractivity contribution is 5.96. The number of nitro groups is 1. The second kappa shape index (κ2) is 5.42. The molecular weight excluding hydrogens is 258 g/mol. The van der Waals surface area contributed by atoms with Crippen molar-refractivity contribution in [2.24, 2.45) is 0 Å². The minimum absolute atomic E-state index is 0.0399. The lowest BCUT2D eigenvalue weighted by Gasteiger charge is -2.24. The van der Waals surface area contributed by atoms with Crippen molar-refractivity contribution >= 4 is 22.3 Å². The van der Waals surface area contributed by atoms with Crippen LogP contribution in [0, 0.1) is 10.1 Å². The summed E-state index contributed by atoms with van der Waals surface area (Å²) < 4.78 is 5.33. The van der Waals surface area contributed by atoms with Crippen molar-refractivity contribution in [3.8, 4) is 0 Å². The number of non-ortho nitro benzene ring substituents is 1. The maximum atomic E-state index is 11.0. The van der Waals surface area contributed by atoms with E-state index in [0.717, 1.165) is 37.1 Å². The van der Waals surface area contributed by atoms with E-state index in [4.69, 9.17) is 4.74 Å². The normalized spacial score (nSPS) is 16.2. The molecule has 0 aliphatic carbocycles. The molecule has 104 valence electrons. The first-order chi connectivity index (χ1) is 9.75. The highest BCUT2D eigenvalue weighted by Crippen LogP contribution is 2.29. The number of hydrogen-bond acceptors (Lipinski definition) is 5. The molecule has 1 aromatic carbocycles. The van der Waals surface area contributed by atoms with E-state index in [1.54, 1.807) is 12.3 Å². The van der Waals surface area contributed by atoms with Crippen LogP contribution in [0.1, 0.15) is 12.8 Å². The zero-order valence-electron chi connectivity index (χ0n) is 10.9. The van der Waals surface area contributed by atoms with Crippen molar-refractivity contribution in [2.75, 3.05) is 18.5 Å². The van der Waals surface area contributed by atoms with Crippen LogP contribution in [0.4, 0.5) is 11.4 Å². The number of para-hydroxylation sites is 1. The smallest absolute Gasteiger partial charge is 0.295 e. The first-order valence-corrected chi connectivity index (χ1v) is 6.62. The molecule has 1 N–H and O–H groups in total. The van der Waals surface area contributed by atoms with E-state index in [9.17, 15) is 10.1 Å². The zero-order valence-corrected chi connectivity index (χ0v) is 10.9. The van der Waals surface area contributed by atoms with Crippen LogP contribution in [0.25, 0.3) is 10.9 Å². The molecule has 1 saturated heterocycles. The Labute approximate surface area is 115 Å². The molecule has 1 aliphatic heterocycles. The van der Waals surface area contributed by atoms with Gasteiger partial charge in [0, 0.05) is 42.6 Å². The van der Waals surface area contributed by atoms with Gasteiger partial charge < -0.3 is 10.1 Å². The molecular formula is C14H15N3O3. The Hall–Kier alpha value is -2.21. The van der Waals surface area contributed by atoms with Gasteiger partial charge in [0.25, 0.3) is 5.69 Å². The van der Waals surface area contributed by atoms with Gasteiger partial charge >= 0.3 is 0 Å². The fraction of sp³-hybridized carbons (Fsp3) is 0.357. The predicted octanol–water partition coefficient (Wildman–Crippen LogP) is 2.73. The number of fused-ring (bicyclic) bond motifs is 1. The van der Waals surface area contributed by atoms with E-state index >= 15 is 0 Å². The average Bonchev–Trinajstić information content (AvgIpc) is 2.48. The van der Waals surface area contributed by atoms with Gasteiger partial charge in [-0.1, -0.05) is 12.1 Å². The third kappa shape index (κ3) is 2.42. The minimum atomic E-state index is -0.395. The van der Waals surface area contributed by atoms with Crippen molar-refractivity contribution in [3.05, 3.63) is 40.6 Å². The molecule has 0 unspecified atom stereocenters. The van der Waals surface area contributed by atoms with Crippen LogP contribution in [-0.4, -0.2) is 29.2 Å². The molecule has 0 saturated carbocycles. The van der Waals surface area contributed by atoms with Crippen molar-refractivity contribution < 1.29 is 9.66 Å². The number of rotatable bonds is 3. The van der Waals surface area contributed by atoms with Gasteiger partial charge in [0.05, 0.1) is 4.92 Å². The number of nitrogens with one attached hydrogen (secondary N) is 1. The maximum Gasteiger partial charge on any atom is 0.295 e. The molecule has 6 nitrogen and oxygen atoms in total. The molecule has 0 bridgehead atoms. The Morgan fingerprint density at radius 2 is 2.10 bits per heavy atom. The Kier molecular flexibility index (Phi) is 3.47. The molecule has 1 aromatic heterocycles. The van der Waals surface area contributed by atoms with Crippen molar-refractivity contribution in [3.63, 3.8) is 0 Å². The largest absolute Gasteiger partial charge is 0.382 e. The summed E-state index contributed by atoms with van der Waals surface area (Å²) in [6.07, 6.45) is 3.49. The maximum absolute atomic E-state index is 11.0. The van der Waals surface area contributed by atoms with Gasteiger partial charge in [0.2, 0.25) is 0 Å². The van der Waals surface area contributed by atoms with Gasteiger partial charge in [-0.2, -0.15) is 0 Å². The molecule has 3 rings (SSSR count). The van der Waals surface area contributed by atoms with Crippen LogP contribution < -0.4 is 5.32 Å². The highest BCUT2D eigenvalue weighted by atomic mass is 16.6. The number of aromatic nitrogens is 1. The monoisotopic (exact) mass is 273 g/mol. The number of hydrogen-bond donors (Lipinski definition) is 1. The second-order valence-electron chi connectivity index (χ2n) is 4.82. The van der Waals surface area contributed by atoms with Crippen molar-refractivity contribution in [1.29, 1.82) is 0 Å². The predicted molar refractivity (Wildman–Crippen MR) is 75.9 cm³/mol. The number of benzene rings is 1. The number of nitrogens with zero attached hydrogens (tertiary/aromatic N) is 2. The third-order valence-corrected chi connectivity index (χ3v) is 3.53. The number of nitro benzene ring substituents is 1. The summed E-state index contributed by atoms with van der Waals surface area (Å²) in [5.74, 6) is 0. The molecule has 2 heterocycles. The first kappa shape index (κ1) is 12.8. The summed E-state index contributed by atoms with van der Waals surface area (Å²) in [6, 6.07) is 7.23. The quantitative estimate of drug-likeness (QED) is 0.687. The fourth-order valence-corrected chi connectivity index (χ4v) is 2.50. The van der Waals surface area contributed by atoms with Gasteiger partial charge in [-0.15, -0.1) is 0 Å². The summed E-state index contributed by atoms with van der Waals surface area (Å²) in [6.45, 7) is 1.50. The van der Waals surface area contributed by atoms with E-state index in [2.05, 4.69) is 10.3 Å². The van der Waals surface area contributed by atoms with Gasteiger partial charge in [-0.05, 0) is 18.9 Å². The summed E-state index contributed by atoms with van der Waals surface area (Å²) in [7, 11) is 0. The van der Waals surface area contributed by atoms with Crippen LogP contribution >= 0.6 is 0 Å². The number of ether oxygens (including phenoxy) is 1. The van der Waals surface area contributed by atoms with Crippen LogP contribution in [-0.2, 0) is 4.74 Å². The number of anilines is 1. The lowest BCUT2D eigenvalue weighted by atomic mass is 10.1. The van der Waals surface area contributed by atoms with E-state index in [0.29, 0.717) is 11.6 Å². The standard InChI is InChI=1S/C14H15N3O3/c18-17(19)13-3-1-2-11-12(4-7-15-14(11)13)16-10-5-8-20-9-6-10/h1-4,7,10H,5-6,8-9H2,(H,15,16). The summed E-state index contributed by atoms with van der Waals surface area (Å²) in [4.78, 5) is 14.8. The molecule has 0 radical (unpaired) electrons. The van der Waals surface area contributed by atoms with E-state index in [-0.39, 0.29) is 5.69 Å². The molecule has 0 atom stereocenters. The summed E-state index contributed by atoms with van der Waals surface area (Å²) in [5.41, 5.74) is 1.36. The lowest BCUT2D eigenvalue weighted by Crippen LogP contribution is -2.27. The average molecular weight is 273 g/mol. The van der Waals surface area contributed by atoms with Crippen LogP contribution in [0.5, 0.6) is 0 Å². The minimum Gasteiger partial charge on any atom is -0.382 e. The van der Waals surface area contributed by atoms with E-state index < -0.39 is 4.92 Å². The highest BCUT2D eigenvalue weighted by Gasteiger charge is 2.17. The Bertz CT molecular complexity index is 639. The molecule has 2 aromatic rings. The van der Waals surface area contributed by atoms with Crippen LogP contribution in [0.3, 0.4) is 0 Å². The molecule has 0 amide bonds. The van der Waals surface area contributed by atoms with Crippen LogP contribution in [0.15, 0.2) is 30.5 Å². The molecule has 6 heteroatoms. The topological polar surface area (TPSA) is 77.3 Å². The molecule has 20 heavy (non-hydrogen) atoms. The Morgan fingerprint density at radius 1 is 1.30 bits per heavy atom. The lowest BCUT2D eigenvalue weighted by molar-refractivity contribution is -0.383. The first-order valence-electron chi connectivity index (χ1n) is 6.62. The van der Waals surface area contributed by atoms with Crippen molar-refractivity contribution in [1.82, 2.24) is 4.98 Å². The third-order valence-electron chi connectivity index (χ3n) is 3.53. The molecule has 1 aliphatic rings. The number of pyridine rings is 1. The van der Waals surface area contributed by atoms with Gasteiger partial charge in [0.15, 0.2) is 0 Å². The zero-order chi connectivity index (χ0) is 13.9. The second-order valence-corrected chi connectivity index (χ2v) is 4.82.